The maximum Gasteiger partial charge on any atom is 0.255 e. The number of phenolic OH excluding ortho intramolecular Hbond substituents is 1. The van der Waals surface area contributed by atoms with E-state index in [1.807, 2.05) is 0 Å². The molecule has 0 spiro atoms. The first-order valence-electron chi connectivity index (χ1n) is 6.51. The van der Waals surface area contributed by atoms with Crippen LogP contribution in [0.15, 0.2) is 22.7 Å². The molecule has 2 atom stereocenters. The van der Waals surface area contributed by atoms with E-state index >= 15 is 0 Å². The van der Waals surface area contributed by atoms with Gasteiger partial charge in [0.15, 0.2) is 0 Å². The molecule has 0 bridgehead atoms. The van der Waals surface area contributed by atoms with Crippen molar-refractivity contribution < 1.29 is 9.90 Å². The standard InChI is InChI=1S/C14H17Br2NO2/c15-9-6-7-13(18)10(8-9)14(19)17-12-5-3-1-2-4-11(12)16/h6-8,11-12,18H,1-5H2,(H,17,19). The van der Waals surface area contributed by atoms with Crippen LogP contribution in [0.1, 0.15) is 42.5 Å². The fourth-order valence-electron chi connectivity index (χ4n) is 2.36. The van der Waals surface area contributed by atoms with Gasteiger partial charge >= 0.3 is 0 Å². The SMILES string of the molecule is O=C(NC1CCCCCC1Br)c1cc(Br)ccc1O. The zero-order valence-corrected chi connectivity index (χ0v) is 13.7. The molecule has 0 saturated heterocycles. The molecule has 1 amide bonds. The first kappa shape index (κ1) is 14.9. The number of halogens is 2. The number of carbonyl (C=O) groups excluding carboxylic acids is 1. The molecule has 5 heteroatoms. The average Bonchev–Trinajstić information content (AvgIpc) is 2.58. The van der Waals surface area contributed by atoms with Crippen molar-refractivity contribution in [2.45, 2.75) is 43.0 Å². The number of hydrogen-bond acceptors (Lipinski definition) is 2. The number of aromatic hydroxyl groups is 1. The molecule has 1 saturated carbocycles. The van der Waals surface area contributed by atoms with E-state index in [4.69, 9.17) is 0 Å². The summed E-state index contributed by atoms with van der Waals surface area (Å²) in [5.74, 6) is -0.199. The van der Waals surface area contributed by atoms with Gasteiger partial charge in [0.2, 0.25) is 0 Å². The van der Waals surface area contributed by atoms with Crippen LogP contribution in [0, 0.1) is 0 Å². The Balaban J connectivity index is 2.09. The van der Waals surface area contributed by atoms with Gasteiger partial charge in [-0.15, -0.1) is 0 Å². The molecule has 1 aromatic rings. The lowest BCUT2D eigenvalue weighted by molar-refractivity contribution is 0.0932. The third-order valence-electron chi connectivity index (χ3n) is 3.45. The van der Waals surface area contributed by atoms with E-state index in [2.05, 4.69) is 37.2 Å². The van der Waals surface area contributed by atoms with Crippen LogP contribution in [0.25, 0.3) is 0 Å². The Hall–Kier alpha value is -0.550. The molecular weight excluding hydrogens is 374 g/mol. The number of amides is 1. The van der Waals surface area contributed by atoms with Gasteiger partial charge < -0.3 is 10.4 Å². The first-order chi connectivity index (χ1) is 9.08. The molecular formula is C14H17Br2NO2. The van der Waals surface area contributed by atoms with Crippen LogP contribution < -0.4 is 5.32 Å². The van der Waals surface area contributed by atoms with Gasteiger partial charge in [-0.25, -0.2) is 0 Å². The van der Waals surface area contributed by atoms with Crippen LogP contribution in [0.3, 0.4) is 0 Å². The van der Waals surface area contributed by atoms with Gasteiger partial charge in [0.25, 0.3) is 5.91 Å². The monoisotopic (exact) mass is 389 g/mol. The predicted molar refractivity (Wildman–Crippen MR) is 82.9 cm³/mol. The highest BCUT2D eigenvalue weighted by molar-refractivity contribution is 9.10. The van der Waals surface area contributed by atoms with Crippen molar-refractivity contribution in [2.75, 3.05) is 0 Å². The molecule has 1 aromatic carbocycles. The highest BCUT2D eigenvalue weighted by Crippen LogP contribution is 2.26. The van der Waals surface area contributed by atoms with Gasteiger partial charge in [-0.3, -0.25) is 4.79 Å². The summed E-state index contributed by atoms with van der Waals surface area (Å²) in [7, 11) is 0. The average molecular weight is 391 g/mol. The molecule has 2 rings (SSSR count). The van der Waals surface area contributed by atoms with Gasteiger partial charge in [-0.1, -0.05) is 51.1 Å². The molecule has 1 aliphatic carbocycles. The van der Waals surface area contributed by atoms with E-state index in [1.54, 1.807) is 12.1 Å². The Kier molecular flexibility index (Phi) is 5.28. The molecule has 104 valence electrons. The lowest BCUT2D eigenvalue weighted by Gasteiger charge is -2.21. The number of hydrogen-bond donors (Lipinski definition) is 2. The maximum absolute atomic E-state index is 12.2. The number of phenols is 1. The highest BCUT2D eigenvalue weighted by Gasteiger charge is 2.24. The van der Waals surface area contributed by atoms with Crippen molar-refractivity contribution in [1.82, 2.24) is 5.32 Å². The molecule has 2 unspecified atom stereocenters. The Morgan fingerprint density at radius 1 is 1.26 bits per heavy atom. The van der Waals surface area contributed by atoms with Crippen molar-refractivity contribution in [3.05, 3.63) is 28.2 Å². The van der Waals surface area contributed by atoms with E-state index in [0.29, 0.717) is 10.4 Å². The lowest BCUT2D eigenvalue weighted by Crippen LogP contribution is -2.40. The molecule has 19 heavy (non-hydrogen) atoms. The second kappa shape index (κ2) is 6.75. The zero-order chi connectivity index (χ0) is 13.8. The summed E-state index contributed by atoms with van der Waals surface area (Å²) in [4.78, 5) is 12.5. The van der Waals surface area contributed by atoms with E-state index < -0.39 is 0 Å². The van der Waals surface area contributed by atoms with Crippen molar-refractivity contribution in [2.24, 2.45) is 0 Å². The summed E-state index contributed by atoms with van der Waals surface area (Å²) in [5.41, 5.74) is 0.318. The molecule has 0 aromatic heterocycles. The Morgan fingerprint density at radius 2 is 2.00 bits per heavy atom. The zero-order valence-electron chi connectivity index (χ0n) is 10.5. The van der Waals surface area contributed by atoms with Gasteiger partial charge in [0, 0.05) is 15.3 Å². The van der Waals surface area contributed by atoms with Gasteiger partial charge in [-0.2, -0.15) is 0 Å². The van der Waals surface area contributed by atoms with Crippen molar-refractivity contribution in [3.8, 4) is 5.75 Å². The Bertz CT molecular complexity index is 465. The third kappa shape index (κ3) is 3.96. The maximum atomic E-state index is 12.2. The fourth-order valence-corrected chi connectivity index (χ4v) is 3.44. The van der Waals surface area contributed by atoms with Crippen LogP contribution in [0.5, 0.6) is 5.75 Å². The summed E-state index contributed by atoms with van der Waals surface area (Å²) >= 11 is 6.97. The summed E-state index contributed by atoms with van der Waals surface area (Å²) in [6.07, 6.45) is 5.62. The summed E-state index contributed by atoms with van der Waals surface area (Å²) in [6, 6.07) is 5.02. The second-order valence-electron chi connectivity index (χ2n) is 4.90. The highest BCUT2D eigenvalue weighted by atomic mass is 79.9. The molecule has 0 heterocycles. The minimum Gasteiger partial charge on any atom is -0.507 e. The van der Waals surface area contributed by atoms with E-state index in [0.717, 1.165) is 23.7 Å². The van der Waals surface area contributed by atoms with Crippen LogP contribution in [-0.4, -0.2) is 21.9 Å². The number of alkyl halides is 1. The van der Waals surface area contributed by atoms with Gasteiger partial charge in [0.05, 0.1) is 5.56 Å². The Labute approximate surface area is 130 Å². The fraction of sp³-hybridized carbons (Fsp3) is 0.500. The minimum atomic E-state index is -0.213. The van der Waals surface area contributed by atoms with Gasteiger partial charge in [0.1, 0.15) is 5.75 Å². The normalized spacial score (nSPS) is 23.7. The van der Waals surface area contributed by atoms with Gasteiger partial charge in [-0.05, 0) is 31.0 Å². The predicted octanol–water partition coefficient (Wildman–Crippen LogP) is 3.98. The topological polar surface area (TPSA) is 49.3 Å². The number of nitrogens with one attached hydrogen (secondary N) is 1. The third-order valence-corrected chi connectivity index (χ3v) is 5.04. The van der Waals surface area contributed by atoms with Crippen molar-refractivity contribution >= 4 is 37.8 Å². The van der Waals surface area contributed by atoms with Crippen LogP contribution in [0.2, 0.25) is 0 Å². The van der Waals surface area contributed by atoms with Crippen molar-refractivity contribution in [3.63, 3.8) is 0 Å². The van der Waals surface area contributed by atoms with Crippen LogP contribution >= 0.6 is 31.9 Å². The molecule has 1 fully saturated rings. The quantitative estimate of drug-likeness (QED) is 0.592. The number of benzene rings is 1. The smallest absolute Gasteiger partial charge is 0.255 e. The van der Waals surface area contributed by atoms with E-state index in [-0.39, 0.29) is 17.7 Å². The summed E-state index contributed by atoms with van der Waals surface area (Å²) in [5, 5.41) is 12.8. The van der Waals surface area contributed by atoms with Crippen LogP contribution in [0.4, 0.5) is 0 Å². The Morgan fingerprint density at radius 3 is 2.79 bits per heavy atom. The molecule has 1 aliphatic rings. The van der Waals surface area contributed by atoms with E-state index in [1.165, 1.54) is 18.9 Å². The minimum absolute atomic E-state index is 0.0143. The molecule has 3 nitrogen and oxygen atoms in total. The largest absolute Gasteiger partial charge is 0.507 e. The molecule has 2 N–H and O–H groups in total. The number of carbonyl (C=O) groups is 1. The van der Waals surface area contributed by atoms with E-state index in [9.17, 15) is 9.90 Å². The molecule has 0 radical (unpaired) electrons. The second-order valence-corrected chi connectivity index (χ2v) is 6.99. The summed E-state index contributed by atoms with van der Waals surface area (Å²) in [6.45, 7) is 0. The lowest BCUT2D eigenvalue weighted by atomic mass is 10.1. The first-order valence-corrected chi connectivity index (χ1v) is 8.22. The number of rotatable bonds is 2. The van der Waals surface area contributed by atoms with Crippen molar-refractivity contribution in [1.29, 1.82) is 0 Å². The molecule has 0 aliphatic heterocycles. The van der Waals surface area contributed by atoms with Crippen LogP contribution in [-0.2, 0) is 0 Å². The summed E-state index contributed by atoms with van der Waals surface area (Å²) < 4.78 is 0.784.